The van der Waals surface area contributed by atoms with E-state index in [1.54, 1.807) is 24.3 Å². The third-order valence-corrected chi connectivity index (χ3v) is 4.45. The molecule has 1 aliphatic carbocycles. The topological polar surface area (TPSA) is 87.7 Å². The minimum absolute atomic E-state index is 0.278. The fraction of sp³-hybridized carbons (Fsp3) is 0.471. The van der Waals surface area contributed by atoms with Gasteiger partial charge in [0.05, 0.1) is 6.61 Å². The first-order chi connectivity index (χ1) is 11.5. The van der Waals surface area contributed by atoms with Crippen LogP contribution in [0.5, 0.6) is 5.75 Å². The average molecular weight is 331 g/mol. The van der Waals surface area contributed by atoms with Gasteiger partial charge in [0.1, 0.15) is 17.8 Å². The molecule has 1 aromatic rings. The molecule has 7 heteroatoms. The third-order valence-electron chi connectivity index (χ3n) is 4.45. The standard InChI is InChI=1S/C17H21N3O4/c1-2-24-13-7-5-12(6-8-13)18-14(21)11-20-15(22)17(19-16(20)23)9-3-4-10-17/h5-8H,2-4,9-11H2,1H3,(H,18,21)(H,19,23). The van der Waals surface area contributed by atoms with Crippen molar-refractivity contribution in [3.05, 3.63) is 24.3 Å². The maximum Gasteiger partial charge on any atom is 0.325 e. The van der Waals surface area contributed by atoms with E-state index in [1.165, 1.54) is 0 Å². The molecule has 0 unspecified atom stereocenters. The Morgan fingerprint density at radius 2 is 1.92 bits per heavy atom. The van der Waals surface area contributed by atoms with E-state index < -0.39 is 17.5 Å². The zero-order valence-electron chi connectivity index (χ0n) is 13.6. The summed E-state index contributed by atoms with van der Waals surface area (Å²) in [5, 5.41) is 5.45. The fourth-order valence-corrected chi connectivity index (χ4v) is 3.28. The number of amides is 4. The molecule has 1 aliphatic heterocycles. The summed E-state index contributed by atoms with van der Waals surface area (Å²) in [7, 11) is 0. The molecule has 0 radical (unpaired) electrons. The van der Waals surface area contributed by atoms with Crippen molar-refractivity contribution in [1.82, 2.24) is 10.2 Å². The summed E-state index contributed by atoms with van der Waals surface area (Å²) >= 11 is 0. The third kappa shape index (κ3) is 3.06. The molecule has 0 bridgehead atoms. The summed E-state index contributed by atoms with van der Waals surface area (Å²) in [4.78, 5) is 37.7. The molecule has 128 valence electrons. The van der Waals surface area contributed by atoms with E-state index in [1.807, 2.05) is 6.92 Å². The van der Waals surface area contributed by atoms with Crippen LogP contribution >= 0.6 is 0 Å². The second-order valence-corrected chi connectivity index (χ2v) is 6.12. The lowest BCUT2D eigenvalue weighted by atomic mass is 9.98. The highest BCUT2D eigenvalue weighted by molar-refractivity contribution is 6.10. The Kier molecular flexibility index (Phi) is 4.42. The Morgan fingerprint density at radius 1 is 1.25 bits per heavy atom. The van der Waals surface area contributed by atoms with Crippen molar-refractivity contribution in [3.8, 4) is 5.75 Å². The van der Waals surface area contributed by atoms with E-state index in [2.05, 4.69) is 10.6 Å². The van der Waals surface area contributed by atoms with Crippen molar-refractivity contribution in [2.75, 3.05) is 18.5 Å². The first kappa shape index (κ1) is 16.3. The smallest absolute Gasteiger partial charge is 0.325 e. The van der Waals surface area contributed by atoms with E-state index in [9.17, 15) is 14.4 Å². The highest BCUT2D eigenvalue weighted by Crippen LogP contribution is 2.34. The molecular weight excluding hydrogens is 310 g/mol. The van der Waals surface area contributed by atoms with Crippen molar-refractivity contribution < 1.29 is 19.1 Å². The van der Waals surface area contributed by atoms with E-state index >= 15 is 0 Å². The van der Waals surface area contributed by atoms with Crippen LogP contribution in [-0.2, 0) is 9.59 Å². The molecule has 1 saturated carbocycles. The number of hydrogen-bond donors (Lipinski definition) is 2. The maximum absolute atomic E-state index is 12.5. The molecule has 3 rings (SSSR count). The van der Waals surface area contributed by atoms with Gasteiger partial charge in [-0.2, -0.15) is 0 Å². The summed E-state index contributed by atoms with van der Waals surface area (Å²) in [5.41, 5.74) is -0.192. The van der Waals surface area contributed by atoms with E-state index in [4.69, 9.17) is 4.74 Å². The Hall–Kier alpha value is -2.57. The molecule has 1 aromatic carbocycles. The van der Waals surface area contributed by atoms with Crippen LogP contribution in [0.2, 0.25) is 0 Å². The molecule has 2 aliphatic rings. The maximum atomic E-state index is 12.5. The number of nitrogens with one attached hydrogen (secondary N) is 2. The van der Waals surface area contributed by atoms with Crippen molar-refractivity contribution in [2.45, 2.75) is 38.1 Å². The van der Waals surface area contributed by atoms with Crippen LogP contribution in [0.4, 0.5) is 10.5 Å². The summed E-state index contributed by atoms with van der Waals surface area (Å²) < 4.78 is 5.34. The quantitative estimate of drug-likeness (QED) is 0.807. The van der Waals surface area contributed by atoms with Crippen LogP contribution in [-0.4, -0.2) is 41.4 Å². The molecular formula is C17H21N3O4. The highest BCUT2D eigenvalue weighted by Gasteiger charge is 2.52. The van der Waals surface area contributed by atoms with E-state index in [-0.39, 0.29) is 12.5 Å². The summed E-state index contributed by atoms with van der Waals surface area (Å²) in [6, 6.07) is 6.45. The molecule has 1 heterocycles. The first-order valence-corrected chi connectivity index (χ1v) is 8.21. The van der Waals surface area contributed by atoms with Gasteiger partial charge >= 0.3 is 6.03 Å². The van der Waals surface area contributed by atoms with Crippen LogP contribution in [0.15, 0.2) is 24.3 Å². The number of anilines is 1. The van der Waals surface area contributed by atoms with Crippen LogP contribution < -0.4 is 15.4 Å². The largest absolute Gasteiger partial charge is 0.494 e. The number of carbonyl (C=O) groups excluding carboxylic acids is 3. The van der Waals surface area contributed by atoms with Crippen molar-refractivity contribution in [3.63, 3.8) is 0 Å². The zero-order chi connectivity index (χ0) is 17.2. The predicted octanol–water partition coefficient (Wildman–Crippen LogP) is 1.89. The number of urea groups is 1. The van der Waals surface area contributed by atoms with E-state index in [0.717, 1.165) is 17.7 Å². The fourth-order valence-electron chi connectivity index (χ4n) is 3.28. The lowest BCUT2D eigenvalue weighted by molar-refractivity contribution is -0.133. The second kappa shape index (κ2) is 6.51. The second-order valence-electron chi connectivity index (χ2n) is 6.12. The SMILES string of the molecule is CCOc1ccc(NC(=O)CN2C(=O)NC3(CCCC3)C2=O)cc1. The molecule has 0 aromatic heterocycles. The van der Waals surface area contributed by atoms with Crippen LogP contribution in [0.1, 0.15) is 32.6 Å². The Labute approximate surface area is 140 Å². The van der Waals surface area contributed by atoms with Gasteiger partial charge < -0.3 is 15.4 Å². The molecule has 2 fully saturated rings. The number of imide groups is 1. The number of benzene rings is 1. The summed E-state index contributed by atoms with van der Waals surface area (Å²) in [6.45, 7) is 2.18. The minimum atomic E-state index is -0.781. The lowest BCUT2D eigenvalue weighted by Gasteiger charge is -2.19. The molecule has 4 amide bonds. The summed E-state index contributed by atoms with van der Waals surface area (Å²) in [6.07, 6.45) is 3.12. The summed E-state index contributed by atoms with van der Waals surface area (Å²) in [5.74, 6) is 0.0253. The van der Waals surface area contributed by atoms with Gasteiger partial charge in [-0.05, 0) is 44.0 Å². The molecule has 24 heavy (non-hydrogen) atoms. The molecule has 1 spiro atoms. The van der Waals surface area contributed by atoms with Crippen molar-refractivity contribution in [1.29, 1.82) is 0 Å². The number of nitrogens with zero attached hydrogens (tertiary/aromatic N) is 1. The zero-order valence-corrected chi connectivity index (χ0v) is 13.6. The number of hydrogen-bond acceptors (Lipinski definition) is 4. The highest BCUT2D eigenvalue weighted by atomic mass is 16.5. The number of ether oxygens (including phenoxy) is 1. The Bertz CT molecular complexity index is 650. The molecule has 1 saturated heterocycles. The first-order valence-electron chi connectivity index (χ1n) is 8.21. The molecule has 7 nitrogen and oxygen atoms in total. The number of carbonyl (C=O) groups is 3. The van der Waals surface area contributed by atoms with Gasteiger partial charge in [0.25, 0.3) is 5.91 Å². The van der Waals surface area contributed by atoms with Gasteiger partial charge in [0.15, 0.2) is 0 Å². The van der Waals surface area contributed by atoms with Crippen molar-refractivity contribution >= 4 is 23.5 Å². The Morgan fingerprint density at radius 3 is 2.54 bits per heavy atom. The monoisotopic (exact) mass is 331 g/mol. The van der Waals surface area contributed by atoms with Crippen LogP contribution in [0.3, 0.4) is 0 Å². The predicted molar refractivity (Wildman–Crippen MR) is 87.7 cm³/mol. The van der Waals surface area contributed by atoms with Crippen molar-refractivity contribution in [2.24, 2.45) is 0 Å². The van der Waals surface area contributed by atoms with Crippen LogP contribution in [0.25, 0.3) is 0 Å². The molecule has 0 atom stereocenters. The van der Waals surface area contributed by atoms with Gasteiger partial charge in [-0.3, -0.25) is 14.5 Å². The van der Waals surface area contributed by atoms with Crippen LogP contribution in [0, 0.1) is 0 Å². The van der Waals surface area contributed by atoms with E-state index in [0.29, 0.717) is 30.9 Å². The Balaban J connectivity index is 1.60. The lowest BCUT2D eigenvalue weighted by Crippen LogP contribution is -2.44. The molecule has 2 N–H and O–H groups in total. The van der Waals surface area contributed by atoms with Gasteiger partial charge in [-0.1, -0.05) is 12.8 Å². The van der Waals surface area contributed by atoms with Gasteiger partial charge in [-0.25, -0.2) is 4.79 Å². The van der Waals surface area contributed by atoms with Gasteiger partial charge in [0.2, 0.25) is 5.91 Å². The van der Waals surface area contributed by atoms with Gasteiger partial charge in [0, 0.05) is 5.69 Å². The normalized spacial score (nSPS) is 18.8. The number of rotatable bonds is 5. The average Bonchev–Trinajstić information content (AvgIpc) is 3.11. The van der Waals surface area contributed by atoms with Gasteiger partial charge in [-0.15, -0.1) is 0 Å². The minimum Gasteiger partial charge on any atom is -0.494 e.